The number of aromatic nitrogens is 3. The highest BCUT2D eigenvalue weighted by Crippen LogP contribution is 2.27. The number of halogens is 2. The van der Waals surface area contributed by atoms with Crippen LogP contribution < -0.4 is 10.1 Å². The number of nitrogens with one attached hydrogen (secondary N) is 1. The number of thioether (sulfide) groups is 1. The maximum atomic E-state index is 12.4. The number of hydrogen-bond acceptors (Lipinski definition) is 5. The lowest BCUT2D eigenvalue weighted by molar-refractivity contribution is -0.113. The summed E-state index contributed by atoms with van der Waals surface area (Å²) < 4.78 is 7.71. The number of aryl methyl sites for hydroxylation is 2. The van der Waals surface area contributed by atoms with E-state index in [1.165, 1.54) is 17.3 Å². The molecule has 3 aromatic rings. The first-order chi connectivity index (χ1) is 16.0. The smallest absolute Gasteiger partial charge is 0.234 e. The molecule has 0 aliphatic rings. The molecule has 174 valence electrons. The molecule has 0 fully saturated rings. The fraction of sp³-hybridized carbons (Fsp3) is 0.292. The van der Waals surface area contributed by atoms with E-state index < -0.39 is 0 Å². The molecule has 33 heavy (non-hydrogen) atoms. The highest BCUT2D eigenvalue weighted by molar-refractivity contribution is 7.99. The van der Waals surface area contributed by atoms with Crippen molar-refractivity contribution in [2.75, 3.05) is 17.7 Å². The van der Waals surface area contributed by atoms with Crippen molar-refractivity contribution < 1.29 is 9.53 Å². The Balaban J connectivity index is 1.51. The van der Waals surface area contributed by atoms with Crippen molar-refractivity contribution in [2.24, 2.45) is 0 Å². The van der Waals surface area contributed by atoms with Gasteiger partial charge in [-0.3, -0.25) is 4.79 Å². The fourth-order valence-electron chi connectivity index (χ4n) is 3.08. The molecule has 0 spiro atoms. The Morgan fingerprint density at radius 3 is 2.70 bits per heavy atom. The van der Waals surface area contributed by atoms with Gasteiger partial charge in [0.1, 0.15) is 11.6 Å². The van der Waals surface area contributed by atoms with Crippen molar-refractivity contribution in [1.29, 1.82) is 0 Å². The van der Waals surface area contributed by atoms with E-state index in [0.29, 0.717) is 40.5 Å². The van der Waals surface area contributed by atoms with E-state index in [0.717, 1.165) is 24.4 Å². The van der Waals surface area contributed by atoms with Crippen LogP contribution in [-0.4, -0.2) is 33.0 Å². The summed E-state index contributed by atoms with van der Waals surface area (Å²) in [6, 6.07) is 13.0. The number of ether oxygens (including phenoxy) is 1. The van der Waals surface area contributed by atoms with Crippen LogP contribution in [0.25, 0.3) is 0 Å². The maximum absolute atomic E-state index is 12.4. The van der Waals surface area contributed by atoms with Crippen molar-refractivity contribution >= 4 is 46.6 Å². The SMILES string of the molecule is C=CCn1c(CCCOc2ccc(Cl)cc2Cl)nnc1SCC(=O)Nc1ccc(CC)cc1. The van der Waals surface area contributed by atoms with Crippen molar-refractivity contribution in [3.8, 4) is 5.75 Å². The maximum Gasteiger partial charge on any atom is 0.234 e. The molecule has 0 radical (unpaired) electrons. The Kier molecular flexibility index (Phi) is 9.66. The number of amides is 1. The van der Waals surface area contributed by atoms with Gasteiger partial charge in [-0.1, -0.05) is 60.1 Å². The second-order valence-electron chi connectivity index (χ2n) is 7.21. The molecular formula is C24H26Cl2N4O2S. The third kappa shape index (κ3) is 7.52. The molecule has 1 N–H and O–H groups in total. The number of carbonyl (C=O) groups is 1. The van der Waals surface area contributed by atoms with Crippen LogP contribution in [0.2, 0.25) is 10.0 Å². The summed E-state index contributed by atoms with van der Waals surface area (Å²) in [5.74, 6) is 1.56. The Bertz CT molecular complexity index is 1090. The van der Waals surface area contributed by atoms with Crippen LogP contribution >= 0.6 is 35.0 Å². The zero-order valence-corrected chi connectivity index (χ0v) is 20.7. The second kappa shape index (κ2) is 12.7. The first-order valence-electron chi connectivity index (χ1n) is 10.6. The number of anilines is 1. The second-order valence-corrected chi connectivity index (χ2v) is 9.00. The summed E-state index contributed by atoms with van der Waals surface area (Å²) in [4.78, 5) is 12.4. The highest BCUT2D eigenvalue weighted by atomic mass is 35.5. The molecule has 0 bridgehead atoms. The average Bonchev–Trinajstić information content (AvgIpc) is 3.18. The van der Waals surface area contributed by atoms with Gasteiger partial charge in [0, 0.05) is 23.7 Å². The van der Waals surface area contributed by atoms with Crippen LogP contribution in [0.4, 0.5) is 5.69 Å². The van der Waals surface area contributed by atoms with Gasteiger partial charge in [-0.15, -0.1) is 16.8 Å². The fourth-order valence-corrected chi connectivity index (χ4v) is 4.31. The molecule has 2 aromatic carbocycles. The Labute approximate surface area is 208 Å². The van der Waals surface area contributed by atoms with Crippen molar-refractivity contribution in [1.82, 2.24) is 14.8 Å². The standard InChI is InChI=1S/C24H26Cl2N4O2S/c1-3-13-30-22(6-5-14-32-21-12-9-18(25)15-20(21)26)28-29-24(30)33-16-23(31)27-19-10-7-17(4-2)8-11-19/h3,7-12,15H,1,4-6,13-14,16H2,2H3,(H,27,31). The first-order valence-corrected chi connectivity index (χ1v) is 12.4. The predicted octanol–water partition coefficient (Wildman–Crippen LogP) is 6.08. The van der Waals surface area contributed by atoms with Gasteiger partial charge in [0.2, 0.25) is 5.91 Å². The summed E-state index contributed by atoms with van der Waals surface area (Å²) in [6.07, 6.45) is 4.15. The topological polar surface area (TPSA) is 69.0 Å². The van der Waals surface area contributed by atoms with Crippen LogP contribution in [0, 0.1) is 0 Å². The minimum atomic E-state index is -0.0906. The molecule has 1 amide bonds. The van der Waals surface area contributed by atoms with Gasteiger partial charge in [-0.2, -0.15) is 0 Å². The Hall–Kier alpha value is -2.48. The summed E-state index contributed by atoms with van der Waals surface area (Å²) >= 11 is 13.4. The summed E-state index contributed by atoms with van der Waals surface area (Å²) in [6.45, 7) is 6.96. The van der Waals surface area contributed by atoms with Crippen LogP contribution in [0.5, 0.6) is 5.75 Å². The molecule has 0 aliphatic heterocycles. The highest BCUT2D eigenvalue weighted by Gasteiger charge is 2.14. The van der Waals surface area contributed by atoms with Gasteiger partial charge in [0.15, 0.2) is 5.16 Å². The molecule has 9 heteroatoms. The molecule has 0 saturated carbocycles. The normalized spacial score (nSPS) is 10.8. The average molecular weight is 505 g/mol. The monoisotopic (exact) mass is 504 g/mol. The van der Waals surface area contributed by atoms with Gasteiger partial charge >= 0.3 is 0 Å². The third-order valence-corrected chi connectivity index (χ3v) is 6.28. The lowest BCUT2D eigenvalue weighted by Crippen LogP contribution is -2.15. The van der Waals surface area contributed by atoms with Gasteiger partial charge in [-0.05, 0) is 48.7 Å². The Morgan fingerprint density at radius 2 is 2.00 bits per heavy atom. The molecule has 0 aliphatic carbocycles. The molecular weight excluding hydrogens is 479 g/mol. The van der Waals surface area contributed by atoms with Gasteiger partial charge in [0.05, 0.1) is 17.4 Å². The van der Waals surface area contributed by atoms with E-state index in [2.05, 4.69) is 29.0 Å². The quantitative estimate of drug-likeness (QED) is 0.184. The summed E-state index contributed by atoms with van der Waals surface area (Å²) in [5.41, 5.74) is 2.01. The van der Waals surface area contributed by atoms with Crippen LogP contribution in [-0.2, 0) is 24.2 Å². The number of benzene rings is 2. The Morgan fingerprint density at radius 1 is 1.21 bits per heavy atom. The zero-order valence-electron chi connectivity index (χ0n) is 18.4. The largest absolute Gasteiger partial charge is 0.492 e. The summed E-state index contributed by atoms with van der Waals surface area (Å²) in [5, 5.41) is 13.2. The molecule has 0 saturated heterocycles. The number of allylic oxidation sites excluding steroid dienone is 1. The predicted molar refractivity (Wildman–Crippen MR) is 136 cm³/mol. The summed E-state index contributed by atoms with van der Waals surface area (Å²) in [7, 11) is 0. The molecule has 6 nitrogen and oxygen atoms in total. The van der Waals surface area contributed by atoms with E-state index in [4.69, 9.17) is 27.9 Å². The van der Waals surface area contributed by atoms with Crippen molar-refractivity contribution in [2.45, 2.75) is 37.9 Å². The van der Waals surface area contributed by atoms with Crippen molar-refractivity contribution in [3.05, 3.63) is 76.6 Å². The number of rotatable bonds is 12. The van der Waals surface area contributed by atoms with E-state index in [1.54, 1.807) is 24.3 Å². The van der Waals surface area contributed by atoms with E-state index >= 15 is 0 Å². The number of carbonyl (C=O) groups excluding carboxylic acids is 1. The molecule has 0 unspecified atom stereocenters. The number of hydrogen-bond donors (Lipinski definition) is 1. The minimum absolute atomic E-state index is 0.0906. The van der Waals surface area contributed by atoms with Gasteiger partial charge in [-0.25, -0.2) is 0 Å². The molecule has 3 rings (SSSR count). The lowest BCUT2D eigenvalue weighted by atomic mass is 10.1. The molecule has 0 atom stereocenters. The van der Waals surface area contributed by atoms with Crippen molar-refractivity contribution in [3.63, 3.8) is 0 Å². The van der Waals surface area contributed by atoms with E-state index in [9.17, 15) is 4.79 Å². The van der Waals surface area contributed by atoms with E-state index in [-0.39, 0.29) is 11.7 Å². The molecule has 1 aromatic heterocycles. The lowest BCUT2D eigenvalue weighted by Gasteiger charge is -2.10. The van der Waals surface area contributed by atoms with Gasteiger partial charge < -0.3 is 14.6 Å². The van der Waals surface area contributed by atoms with E-state index in [1.807, 2.05) is 28.8 Å². The minimum Gasteiger partial charge on any atom is -0.492 e. The van der Waals surface area contributed by atoms with Crippen LogP contribution in [0.3, 0.4) is 0 Å². The molecule has 1 heterocycles. The third-order valence-electron chi connectivity index (χ3n) is 4.78. The van der Waals surface area contributed by atoms with Crippen LogP contribution in [0.1, 0.15) is 24.7 Å². The first kappa shape index (κ1) is 25.1. The number of nitrogens with zero attached hydrogens (tertiary/aromatic N) is 3. The zero-order chi connectivity index (χ0) is 23.6. The van der Waals surface area contributed by atoms with Crippen LogP contribution in [0.15, 0.2) is 60.3 Å². The van der Waals surface area contributed by atoms with Gasteiger partial charge in [0.25, 0.3) is 0 Å².